The van der Waals surface area contributed by atoms with E-state index in [0.717, 1.165) is 32.1 Å². The Bertz CT molecular complexity index is 414. The van der Waals surface area contributed by atoms with Crippen LogP contribution in [0.25, 0.3) is 0 Å². The Morgan fingerprint density at radius 2 is 1.94 bits per heavy atom. The van der Waals surface area contributed by atoms with Crippen molar-refractivity contribution < 1.29 is 14.2 Å². The number of phenolic OH excluding ortho intramolecular Hbond substituents is 1. The first-order valence-corrected chi connectivity index (χ1v) is 5.93. The largest absolute Gasteiger partial charge is 0.505 e. The number of phenols is 1. The van der Waals surface area contributed by atoms with Gasteiger partial charge in [0, 0.05) is 5.54 Å². The van der Waals surface area contributed by atoms with Crippen LogP contribution in [-0.4, -0.2) is 12.2 Å². The van der Waals surface area contributed by atoms with E-state index in [9.17, 15) is 9.50 Å². The van der Waals surface area contributed by atoms with Gasteiger partial charge in [0.15, 0.2) is 11.6 Å². The monoisotopic (exact) mass is 239 g/mol. The molecule has 0 aliphatic heterocycles. The number of methoxy groups -OCH3 is 1. The van der Waals surface area contributed by atoms with E-state index >= 15 is 0 Å². The fourth-order valence-corrected chi connectivity index (χ4v) is 2.61. The Kier molecular flexibility index (Phi) is 3.24. The zero-order chi connectivity index (χ0) is 12.5. The van der Waals surface area contributed by atoms with Crippen molar-refractivity contribution in [2.75, 3.05) is 7.11 Å². The predicted molar refractivity (Wildman–Crippen MR) is 63.6 cm³/mol. The SMILES string of the molecule is COc1ccc(O)c(F)c1C1(N)CCCCC1. The molecule has 94 valence electrons. The van der Waals surface area contributed by atoms with Crippen LogP contribution in [0.3, 0.4) is 0 Å². The van der Waals surface area contributed by atoms with E-state index in [-0.39, 0.29) is 5.75 Å². The normalized spacial score (nSPS) is 19.0. The van der Waals surface area contributed by atoms with E-state index in [1.807, 2.05) is 0 Å². The van der Waals surface area contributed by atoms with E-state index < -0.39 is 11.4 Å². The van der Waals surface area contributed by atoms with Gasteiger partial charge in [-0.1, -0.05) is 19.3 Å². The Morgan fingerprint density at radius 1 is 1.29 bits per heavy atom. The third-order valence-corrected chi connectivity index (χ3v) is 3.55. The summed E-state index contributed by atoms with van der Waals surface area (Å²) in [6.45, 7) is 0. The molecule has 4 heteroatoms. The summed E-state index contributed by atoms with van der Waals surface area (Å²) in [6.07, 6.45) is 4.54. The molecule has 0 spiro atoms. The Balaban J connectivity index is 2.51. The first-order valence-electron chi connectivity index (χ1n) is 5.93. The maximum Gasteiger partial charge on any atom is 0.173 e. The van der Waals surface area contributed by atoms with Crippen molar-refractivity contribution in [1.29, 1.82) is 0 Å². The van der Waals surface area contributed by atoms with Crippen molar-refractivity contribution >= 4 is 0 Å². The molecule has 1 aromatic rings. The molecular formula is C13H18FNO2. The topological polar surface area (TPSA) is 55.5 Å². The van der Waals surface area contributed by atoms with Gasteiger partial charge >= 0.3 is 0 Å². The Hall–Kier alpha value is -1.29. The van der Waals surface area contributed by atoms with E-state index in [0.29, 0.717) is 11.3 Å². The van der Waals surface area contributed by atoms with Gasteiger partial charge in [-0.2, -0.15) is 0 Å². The summed E-state index contributed by atoms with van der Waals surface area (Å²) in [6, 6.07) is 2.86. The number of nitrogens with two attached hydrogens (primary N) is 1. The van der Waals surface area contributed by atoms with Crippen LogP contribution < -0.4 is 10.5 Å². The molecule has 0 saturated heterocycles. The molecule has 17 heavy (non-hydrogen) atoms. The number of halogens is 1. The number of hydrogen-bond acceptors (Lipinski definition) is 3. The van der Waals surface area contributed by atoms with Gasteiger partial charge < -0.3 is 15.6 Å². The van der Waals surface area contributed by atoms with Crippen LogP contribution in [0.5, 0.6) is 11.5 Å². The molecule has 1 aliphatic carbocycles. The summed E-state index contributed by atoms with van der Waals surface area (Å²) in [5.74, 6) is -0.588. The lowest BCUT2D eigenvalue weighted by atomic mass is 9.77. The minimum atomic E-state index is -0.716. The molecule has 0 atom stereocenters. The quantitative estimate of drug-likeness (QED) is 0.834. The van der Waals surface area contributed by atoms with Crippen LogP contribution in [0.4, 0.5) is 4.39 Å². The van der Waals surface area contributed by atoms with Gasteiger partial charge in [-0.3, -0.25) is 0 Å². The fourth-order valence-electron chi connectivity index (χ4n) is 2.61. The minimum Gasteiger partial charge on any atom is -0.505 e. The molecule has 1 fully saturated rings. The van der Waals surface area contributed by atoms with Crippen molar-refractivity contribution in [2.24, 2.45) is 5.73 Å². The van der Waals surface area contributed by atoms with Crippen LogP contribution in [-0.2, 0) is 5.54 Å². The van der Waals surface area contributed by atoms with E-state index in [1.165, 1.54) is 13.2 Å². The molecule has 1 aliphatic rings. The highest BCUT2D eigenvalue weighted by molar-refractivity contribution is 5.45. The average molecular weight is 239 g/mol. The molecule has 3 nitrogen and oxygen atoms in total. The summed E-state index contributed by atoms with van der Waals surface area (Å²) in [5.41, 5.74) is 5.90. The van der Waals surface area contributed by atoms with Crippen LogP contribution in [0, 0.1) is 5.82 Å². The zero-order valence-corrected chi connectivity index (χ0v) is 10.0. The fraction of sp³-hybridized carbons (Fsp3) is 0.538. The molecule has 0 unspecified atom stereocenters. The molecule has 1 aromatic carbocycles. The van der Waals surface area contributed by atoms with Crippen molar-refractivity contribution in [1.82, 2.24) is 0 Å². The van der Waals surface area contributed by atoms with Crippen LogP contribution in [0.15, 0.2) is 12.1 Å². The van der Waals surface area contributed by atoms with Crippen molar-refractivity contribution in [3.63, 3.8) is 0 Å². The first-order chi connectivity index (χ1) is 8.08. The molecular weight excluding hydrogens is 221 g/mol. The lowest BCUT2D eigenvalue weighted by Gasteiger charge is -2.35. The lowest BCUT2D eigenvalue weighted by molar-refractivity contribution is 0.274. The molecule has 1 saturated carbocycles. The highest BCUT2D eigenvalue weighted by atomic mass is 19.1. The smallest absolute Gasteiger partial charge is 0.173 e. The van der Waals surface area contributed by atoms with Gasteiger partial charge in [0.25, 0.3) is 0 Å². The number of rotatable bonds is 2. The minimum absolute atomic E-state index is 0.319. The number of benzene rings is 1. The van der Waals surface area contributed by atoms with Crippen molar-refractivity contribution in [3.8, 4) is 11.5 Å². The predicted octanol–water partition coefficient (Wildman–Crippen LogP) is 2.66. The van der Waals surface area contributed by atoms with Gasteiger partial charge in [-0.15, -0.1) is 0 Å². The van der Waals surface area contributed by atoms with Gasteiger partial charge in [0.1, 0.15) is 5.75 Å². The molecule has 0 heterocycles. The average Bonchev–Trinajstić information content (AvgIpc) is 2.33. The molecule has 0 aromatic heterocycles. The highest BCUT2D eigenvalue weighted by Gasteiger charge is 2.35. The van der Waals surface area contributed by atoms with E-state index in [1.54, 1.807) is 6.07 Å². The molecule has 0 radical (unpaired) electrons. The number of hydrogen-bond donors (Lipinski definition) is 2. The lowest BCUT2D eigenvalue weighted by Crippen LogP contribution is -2.39. The third kappa shape index (κ3) is 2.09. The number of aromatic hydroxyl groups is 1. The van der Waals surface area contributed by atoms with Gasteiger partial charge in [-0.05, 0) is 25.0 Å². The van der Waals surface area contributed by atoms with Crippen LogP contribution in [0.2, 0.25) is 0 Å². The molecule has 2 rings (SSSR count). The standard InChI is InChI=1S/C13H18FNO2/c1-17-10-6-5-9(16)12(14)11(10)13(15)7-3-2-4-8-13/h5-6,16H,2-4,7-8,15H2,1H3. The van der Waals surface area contributed by atoms with E-state index in [4.69, 9.17) is 10.5 Å². The van der Waals surface area contributed by atoms with Gasteiger partial charge in [-0.25, -0.2) is 4.39 Å². The summed E-state index contributed by atoms with van der Waals surface area (Å²) < 4.78 is 19.2. The Morgan fingerprint density at radius 3 is 2.53 bits per heavy atom. The van der Waals surface area contributed by atoms with Gasteiger partial charge in [0.05, 0.1) is 12.7 Å². The first kappa shape index (κ1) is 12.2. The second-order valence-corrected chi connectivity index (χ2v) is 4.69. The van der Waals surface area contributed by atoms with Crippen molar-refractivity contribution in [3.05, 3.63) is 23.5 Å². The van der Waals surface area contributed by atoms with Crippen LogP contribution >= 0.6 is 0 Å². The summed E-state index contributed by atoms with van der Waals surface area (Å²) in [7, 11) is 1.49. The molecule has 0 bridgehead atoms. The van der Waals surface area contributed by atoms with Crippen LogP contribution in [0.1, 0.15) is 37.7 Å². The summed E-state index contributed by atoms with van der Waals surface area (Å²) in [5, 5.41) is 9.48. The van der Waals surface area contributed by atoms with Crippen molar-refractivity contribution in [2.45, 2.75) is 37.6 Å². The second-order valence-electron chi connectivity index (χ2n) is 4.69. The summed E-state index contributed by atoms with van der Waals surface area (Å²) in [4.78, 5) is 0. The summed E-state index contributed by atoms with van der Waals surface area (Å²) >= 11 is 0. The maximum atomic E-state index is 14.1. The third-order valence-electron chi connectivity index (χ3n) is 3.55. The number of ether oxygens (including phenoxy) is 1. The zero-order valence-electron chi connectivity index (χ0n) is 10.0. The van der Waals surface area contributed by atoms with E-state index in [2.05, 4.69) is 0 Å². The molecule has 0 amide bonds. The second kappa shape index (κ2) is 4.53. The maximum absolute atomic E-state index is 14.1. The van der Waals surface area contributed by atoms with Gasteiger partial charge in [0.2, 0.25) is 0 Å². The molecule has 3 N–H and O–H groups in total. The Labute approximate surface area is 100 Å². The highest BCUT2D eigenvalue weighted by Crippen LogP contribution is 2.42.